The van der Waals surface area contributed by atoms with Crippen LogP contribution < -0.4 is 11.3 Å². The minimum absolute atomic E-state index is 0.0303. The molecule has 118 valence electrons. The molecule has 0 radical (unpaired) electrons. The Bertz CT molecular complexity index is 470. The van der Waals surface area contributed by atoms with Gasteiger partial charge in [0, 0.05) is 18.4 Å². The van der Waals surface area contributed by atoms with Crippen molar-refractivity contribution in [2.24, 2.45) is 11.8 Å². The number of nitrogens with zero attached hydrogens (tertiary/aromatic N) is 2. The van der Waals surface area contributed by atoms with Gasteiger partial charge < -0.3 is 10.2 Å². The molecular formula is C16H28N4O. The summed E-state index contributed by atoms with van der Waals surface area (Å²) in [6.07, 6.45) is 6.23. The van der Waals surface area contributed by atoms with E-state index in [4.69, 9.17) is 15.6 Å². The first-order valence-electron chi connectivity index (χ1n) is 7.96. The Labute approximate surface area is 127 Å². The molecule has 1 unspecified atom stereocenters. The number of nitrogens with one attached hydrogen (secondary N) is 1. The number of ether oxygens (including phenoxy) is 1. The molecule has 0 saturated heterocycles. The maximum absolute atomic E-state index is 5.74. The molecule has 1 atom stereocenters. The lowest BCUT2D eigenvalue weighted by Gasteiger charge is -2.29. The average molecular weight is 292 g/mol. The molecule has 1 aliphatic rings. The summed E-state index contributed by atoms with van der Waals surface area (Å²) in [6.45, 7) is 6.28. The topological polar surface area (TPSA) is 73.1 Å². The molecule has 0 aromatic carbocycles. The van der Waals surface area contributed by atoms with E-state index < -0.39 is 0 Å². The van der Waals surface area contributed by atoms with Crippen molar-refractivity contribution >= 4 is 5.82 Å². The molecule has 1 fully saturated rings. The van der Waals surface area contributed by atoms with Gasteiger partial charge in [-0.15, -0.1) is 0 Å². The first-order chi connectivity index (χ1) is 10.1. The van der Waals surface area contributed by atoms with Crippen LogP contribution in [0.2, 0.25) is 0 Å². The van der Waals surface area contributed by atoms with Crippen LogP contribution in [0.1, 0.15) is 75.1 Å². The van der Waals surface area contributed by atoms with Crippen molar-refractivity contribution in [2.45, 2.75) is 64.9 Å². The molecule has 0 spiro atoms. The van der Waals surface area contributed by atoms with Gasteiger partial charge in [0.05, 0.1) is 0 Å². The van der Waals surface area contributed by atoms with E-state index in [0.717, 1.165) is 22.9 Å². The lowest BCUT2D eigenvalue weighted by molar-refractivity contribution is 0.0288. The second kappa shape index (κ2) is 7.18. The molecule has 1 aromatic heterocycles. The third-order valence-electron chi connectivity index (χ3n) is 4.45. The van der Waals surface area contributed by atoms with E-state index in [-0.39, 0.29) is 6.10 Å². The predicted octanol–water partition coefficient (Wildman–Crippen LogP) is 3.46. The Morgan fingerprint density at radius 2 is 1.86 bits per heavy atom. The van der Waals surface area contributed by atoms with Crippen molar-refractivity contribution in [2.75, 3.05) is 12.5 Å². The van der Waals surface area contributed by atoms with E-state index in [9.17, 15) is 0 Å². The Balaban J connectivity index is 2.35. The summed E-state index contributed by atoms with van der Waals surface area (Å²) in [4.78, 5) is 9.37. The average Bonchev–Trinajstić information content (AvgIpc) is 2.48. The number of nitrogens with two attached hydrogens (primary N) is 1. The van der Waals surface area contributed by atoms with E-state index in [1.165, 1.54) is 32.1 Å². The molecule has 5 heteroatoms. The maximum Gasteiger partial charge on any atom is 0.160 e. The molecule has 1 heterocycles. The number of aryl methyl sites for hydroxylation is 1. The molecule has 0 amide bonds. The minimum atomic E-state index is -0.0303. The first kappa shape index (κ1) is 16.2. The number of anilines is 1. The number of methoxy groups -OCH3 is 1. The highest BCUT2D eigenvalue weighted by molar-refractivity contribution is 5.47. The lowest BCUT2D eigenvalue weighted by Crippen LogP contribution is -2.23. The molecule has 0 bridgehead atoms. The van der Waals surface area contributed by atoms with Crippen LogP contribution in [0.3, 0.4) is 0 Å². The van der Waals surface area contributed by atoms with Crippen LogP contribution in [0.4, 0.5) is 5.82 Å². The zero-order valence-corrected chi connectivity index (χ0v) is 13.6. The van der Waals surface area contributed by atoms with Crippen LogP contribution in [0, 0.1) is 12.8 Å². The van der Waals surface area contributed by atoms with E-state index in [0.29, 0.717) is 11.8 Å². The molecule has 0 aliphatic heterocycles. The van der Waals surface area contributed by atoms with Gasteiger partial charge in [0.25, 0.3) is 0 Å². The van der Waals surface area contributed by atoms with Gasteiger partial charge in [-0.1, -0.05) is 33.1 Å². The molecule has 2 rings (SSSR count). The van der Waals surface area contributed by atoms with Gasteiger partial charge >= 0.3 is 0 Å². The van der Waals surface area contributed by atoms with Crippen molar-refractivity contribution in [1.82, 2.24) is 9.97 Å². The van der Waals surface area contributed by atoms with E-state index in [2.05, 4.69) is 24.3 Å². The third kappa shape index (κ3) is 3.52. The second-order valence-electron chi connectivity index (χ2n) is 6.28. The number of rotatable bonds is 5. The Hall–Kier alpha value is -1.20. The van der Waals surface area contributed by atoms with Gasteiger partial charge in [0.15, 0.2) is 5.82 Å². The van der Waals surface area contributed by atoms with Gasteiger partial charge in [-0.05, 0) is 31.6 Å². The first-order valence-corrected chi connectivity index (χ1v) is 7.96. The van der Waals surface area contributed by atoms with Crippen LogP contribution in [0.5, 0.6) is 0 Å². The van der Waals surface area contributed by atoms with Crippen LogP contribution in [-0.2, 0) is 4.74 Å². The molecular weight excluding hydrogens is 264 g/mol. The quantitative estimate of drug-likeness (QED) is 0.642. The SMILES string of the molecule is COC(c1nc(C)c(C(C)C)c(NN)n1)C1CCCCC1. The standard InChI is InChI=1S/C16H28N4O/c1-10(2)13-11(3)18-16(19-15(13)20-17)14(21-4)12-8-6-5-7-9-12/h10,12,14H,5-9,17H2,1-4H3,(H,18,19,20). The highest BCUT2D eigenvalue weighted by Gasteiger charge is 2.28. The van der Waals surface area contributed by atoms with Gasteiger partial charge in [-0.25, -0.2) is 15.8 Å². The number of hydrazine groups is 1. The van der Waals surface area contributed by atoms with E-state index in [1.54, 1.807) is 7.11 Å². The highest BCUT2D eigenvalue weighted by atomic mass is 16.5. The molecule has 1 aromatic rings. The molecule has 1 saturated carbocycles. The van der Waals surface area contributed by atoms with Crippen LogP contribution in [-0.4, -0.2) is 17.1 Å². The number of nitrogen functional groups attached to an aromatic ring is 1. The second-order valence-corrected chi connectivity index (χ2v) is 6.28. The Kier molecular flexibility index (Phi) is 5.53. The van der Waals surface area contributed by atoms with Crippen molar-refractivity contribution in [3.63, 3.8) is 0 Å². The van der Waals surface area contributed by atoms with Crippen LogP contribution >= 0.6 is 0 Å². The Morgan fingerprint density at radius 3 is 2.38 bits per heavy atom. The summed E-state index contributed by atoms with van der Waals surface area (Å²) in [5.74, 6) is 8.00. The third-order valence-corrected chi connectivity index (χ3v) is 4.45. The zero-order valence-electron chi connectivity index (χ0n) is 13.6. The maximum atomic E-state index is 5.74. The van der Waals surface area contributed by atoms with Crippen LogP contribution in [0.25, 0.3) is 0 Å². The largest absolute Gasteiger partial charge is 0.373 e. The lowest BCUT2D eigenvalue weighted by atomic mass is 9.84. The van der Waals surface area contributed by atoms with Crippen molar-refractivity contribution in [3.05, 3.63) is 17.1 Å². The number of hydrogen-bond acceptors (Lipinski definition) is 5. The van der Waals surface area contributed by atoms with Gasteiger partial charge in [0.2, 0.25) is 0 Å². The molecule has 1 aliphatic carbocycles. The van der Waals surface area contributed by atoms with Gasteiger partial charge in [-0.2, -0.15) is 0 Å². The number of aromatic nitrogens is 2. The van der Waals surface area contributed by atoms with E-state index in [1.807, 2.05) is 6.92 Å². The van der Waals surface area contributed by atoms with Crippen molar-refractivity contribution in [3.8, 4) is 0 Å². The fourth-order valence-corrected chi connectivity index (χ4v) is 3.48. The number of hydrogen-bond donors (Lipinski definition) is 2. The molecule has 5 nitrogen and oxygen atoms in total. The summed E-state index contributed by atoms with van der Waals surface area (Å²) >= 11 is 0. The smallest absolute Gasteiger partial charge is 0.160 e. The monoisotopic (exact) mass is 292 g/mol. The summed E-state index contributed by atoms with van der Waals surface area (Å²) in [6, 6.07) is 0. The predicted molar refractivity (Wildman–Crippen MR) is 85.0 cm³/mol. The van der Waals surface area contributed by atoms with Crippen molar-refractivity contribution < 1.29 is 4.74 Å². The fraction of sp³-hybridized carbons (Fsp3) is 0.750. The zero-order chi connectivity index (χ0) is 15.4. The normalized spacial score (nSPS) is 18.0. The summed E-state index contributed by atoms with van der Waals surface area (Å²) in [5, 5.41) is 0. The Morgan fingerprint density at radius 1 is 1.19 bits per heavy atom. The summed E-state index contributed by atoms with van der Waals surface area (Å²) in [7, 11) is 1.75. The van der Waals surface area contributed by atoms with Gasteiger partial charge in [-0.3, -0.25) is 0 Å². The highest BCUT2D eigenvalue weighted by Crippen LogP contribution is 2.36. The summed E-state index contributed by atoms with van der Waals surface area (Å²) < 4.78 is 5.74. The summed E-state index contributed by atoms with van der Waals surface area (Å²) in [5.41, 5.74) is 4.80. The minimum Gasteiger partial charge on any atom is -0.373 e. The fourth-order valence-electron chi connectivity index (χ4n) is 3.48. The molecule has 3 N–H and O–H groups in total. The van der Waals surface area contributed by atoms with E-state index >= 15 is 0 Å². The van der Waals surface area contributed by atoms with Gasteiger partial charge in [0.1, 0.15) is 11.9 Å². The molecule has 21 heavy (non-hydrogen) atoms. The van der Waals surface area contributed by atoms with Crippen LogP contribution in [0.15, 0.2) is 0 Å². The van der Waals surface area contributed by atoms with Crippen molar-refractivity contribution in [1.29, 1.82) is 0 Å².